The number of carbonyl (C=O) groups excluding carboxylic acids is 1. The fraction of sp³-hybridized carbons (Fsp3) is 0.417. The van der Waals surface area contributed by atoms with Crippen molar-refractivity contribution in [1.82, 2.24) is 19.9 Å². The van der Waals surface area contributed by atoms with Gasteiger partial charge in [-0.25, -0.2) is 9.50 Å². The summed E-state index contributed by atoms with van der Waals surface area (Å²) < 4.78 is 37.5. The van der Waals surface area contributed by atoms with Crippen LogP contribution in [0.4, 0.5) is 13.2 Å². The van der Waals surface area contributed by atoms with Crippen molar-refractivity contribution in [2.45, 2.75) is 32.1 Å². The lowest BCUT2D eigenvalue weighted by Gasteiger charge is -2.07. The smallest absolute Gasteiger partial charge is 0.352 e. The number of halogens is 3. The van der Waals surface area contributed by atoms with Crippen LogP contribution in [0.5, 0.6) is 0 Å². The predicted octanol–water partition coefficient (Wildman–Crippen LogP) is 1.15. The number of rotatable bonds is 5. The summed E-state index contributed by atoms with van der Waals surface area (Å²) in [5.41, 5.74) is 7.36. The van der Waals surface area contributed by atoms with Crippen molar-refractivity contribution >= 4 is 11.6 Å². The summed E-state index contributed by atoms with van der Waals surface area (Å²) in [5, 5.41) is 6.50. The maximum atomic E-state index is 12.0. The van der Waals surface area contributed by atoms with Gasteiger partial charge in [-0.1, -0.05) is 0 Å². The average molecular weight is 301 g/mol. The minimum Gasteiger partial charge on any atom is -0.352 e. The summed E-state index contributed by atoms with van der Waals surface area (Å²) in [6.07, 6.45) is -2.84. The molecule has 114 valence electrons. The number of fused-ring (bicyclic) bond motifs is 1. The normalized spacial score (nSPS) is 11.8. The molecule has 0 saturated carbocycles. The van der Waals surface area contributed by atoms with Crippen molar-refractivity contribution in [3.05, 3.63) is 29.7 Å². The zero-order valence-corrected chi connectivity index (χ0v) is 11.0. The van der Waals surface area contributed by atoms with Gasteiger partial charge in [0, 0.05) is 19.5 Å². The zero-order valence-electron chi connectivity index (χ0n) is 11.0. The molecule has 2 aromatic heterocycles. The highest BCUT2D eigenvalue weighted by molar-refractivity contribution is 5.75. The van der Waals surface area contributed by atoms with Crippen LogP contribution in [0.15, 0.2) is 18.5 Å². The number of aromatic nitrogens is 3. The molecular formula is C12H14F3N5O. The van der Waals surface area contributed by atoms with Crippen LogP contribution in [-0.4, -0.2) is 26.7 Å². The Morgan fingerprint density at radius 1 is 1.43 bits per heavy atom. The van der Waals surface area contributed by atoms with E-state index in [0.29, 0.717) is 16.9 Å². The van der Waals surface area contributed by atoms with E-state index in [1.54, 1.807) is 12.3 Å². The Labute approximate surface area is 118 Å². The second-order valence-corrected chi connectivity index (χ2v) is 4.49. The molecule has 0 radical (unpaired) electrons. The number of hydrogen-bond acceptors (Lipinski definition) is 4. The number of carbonyl (C=O) groups is 1. The summed E-state index contributed by atoms with van der Waals surface area (Å²) in [5.74, 6) is -0.654. The molecule has 21 heavy (non-hydrogen) atoms. The first kappa shape index (κ1) is 15.2. The molecule has 1 amide bonds. The van der Waals surface area contributed by atoms with Gasteiger partial charge in [-0.05, 0) is 11.6 Å². The van der Waals surface area contributed by atoms with Crippen LogP contribution in [0, 0.1) is 0 Å². The lowest BCUT2D eigenvalue weighted by molar-refractivity contribution is -0.144. The van der Waals surface area contributed by atoms with Gasteiger partial charge in [0.1, 0.15) is 0 Å². The zero-order chi connectivity index (χ0) is 15.5. The Balaban J connectivity index is 1.92. The largest absolute Gasteiger partial charge is 0.389 e. The Kier molecular flexibility index (Phi) is 4.41. The van der Waals surface area contributed by atoms with Crippen molar-refractivity contribution in [2.24, 2.45) is 5.73 Å². The first-order valence-corrected chi connectivity index (χ1v) is 6.24. The average Bonchev–Trinajstić information content (AvgIpc) is 2.84. The van der Waals surface area contributed by atoms with Crippen molar-refractivity contribution in [1.29, 1.82) is 0 Å². The van der Waals surface area contributed by atoms with Gasteiger partial charge in [-0.3, -0.25) is 4.79 Å². The maximum absolute atomic E-state index is 12.0. The first-order valence-electron chi connectivity index (χ1n) is 6.24. The molecule has 0 bridgehead atoms. The lowest BCUT2D eigenvalue weighted by Crippen LogP contribution is -2.24. The molecule has 0 aliphatic heterocycles. The van der Waals surface area contributed by atoms with Gasteiger partial charge in [0.2, 0.25) is 5.91 Å². The highest BCUT2D eigenvalue weighted by Gasteiger charge is 2.27. The molecule has 0 atom stereocenters. The van der Waals surface area contributed by atoms with Gasteiger partial charge in [0.25, 0.3) is 0 Å². The monoisotopic (exact) mass is 301 g/mol. The third-order valence-electron chi connectivity index (χ3n) is 2.76. The van der Waals surface area contributed by atoms with Crippen LogP contribution < -0.4 is 11.1 Å². The van der Waals surface area contributed by atoms with Gasteiger partial charge >= 0.3 is 6.18 Å². The topological polar surface area (TPSA) is 85.3 Å². The van der Waals surface area contributed by atoms with E-state index >= 15 is 0 Å². The van der Waals surface area contributed by atoms with E-state index < -0.39 is 24.9 Å². The summed E-state index contributed by atoms with van der Waals surface area (Å²) in [4.78, 5) is 15.5. The van der Waals surface area contributed by atoms with E-state index in [-0.39, 0.29) is 13.1 Å². The minimum absolute atomic E-state index is 0.102. The summed E-state index contributed by atoms with van der Waals surface area (Å²) >= 11 is 0. The number of imidazole rings is 1. The fourth-order valence-corrected chi connectivity index (χ4v) is 1.70. The molecule has 0 aliphatic rings. The predicted molar refractivity (Wildman–Crippen MR) is 68.0 cm³/mol. The van der Waals surface area contributed by atoms with Gasteiger partial charge < -0.3 is 11.1 Å². The third kappa shape index (κ3) is 4.42. The van der Waals surface area contributed by atoms with Crippen molar-refractivity contribution in [2.75, 3.05) is 0 Å². The van der Waals surface area contributed by atoms with Crippen LogP contribution in [0.2, 0.25) is 0 Å². The number of amides is 1. The second kappa shape index (κ2) is 6.08. The molecule has 0 saturated heterocycles. The molecule has 0 fully saturated rings. The van der Waals surface area contributed by atoms with E-state index in [9.17, 15) is 18.0 Å². The van der Waals surface area contributed by atoms with Crippen molar-refractivity contribution in [3.8, 4) is 0 Å². The minimum atomic E-state index is -4.33. The van der Waals surface area contributed by atoms with Crippen molar-refractivity contribution in [3.63, 3.8) is 0 Å². The van der Waals surface area contributed by atoms with Crippen LogP contribution in [0.1, 0.15) is 24.1 Å². The molecule has 0 unspecified atom stereocenters. The van der Waals surface area contributed by atoms with E-state index in [0.717, 1.165) is 0 Å². The standard InChI is InChI=1S/C12H14F3N5O/c13-12(14,15)2-1-11(21)17-5-8-3-10-19-9(4-16)7-20(10)18-6-8/h3,6-7H,1-2,4-5,16H2,(H,17,21). The van der Waals surface area contributed by atoms with Gasteiger partial charge in [0.15, 0.2) is 5.65 Å². The van der Waals surface area contributed by atoms with Crippen LogP contribution >= 0.6 is 0 Å². The third-order valence-corrected chi connectivity index (χ3v) is 2.76. The number of alkyl halides is 3. The molecule has 0 aromatic carbocycles. The second-order valence-electron chi connectivity index (χ2n) is 4.49. The van der Waals surface area contributed by atoms with Gasteiger partial charge in [-0.15, -0.1) is 0 Å². The Morgan fingerprint density at radius 2 is 2.19 bits per heavy atom. The summed E-state index contributed by atoms with van der Waals surface area (Å²) in [6.45, 7) is 0.387. The lowest BCUT2D eigenvalue weighted by atomic mass is 10.2. The SMILES string of the molecule is NCc1cn2ncc(CNC(=O)CCC(F)(F)F)cc2n1. The van der Waals surface area contributed by atoms with Gasteiger partial charge in [0.05, 0.1) is 24.5 Å². The van der Waals surface area contributed by atoms with Crippen molar-refractivity contribution < 1.29 is 18.0 Å². The number of hydrogen-bond donors (Lipinski definition) is 2. The number of nitrogens with zero attached hydrogens (tertiary/aromatic N) is 3. The molecule has 0 spiro atoms. The Bertz CT molecular complexity index is 637. The maximum Gasteiger partial charge on any atom is 0.389 e. The van der Waals surface area contributed by atoms with Crippen LogP contribution in [0.25, 0.3) is 5.65 Å². The molecule has 2 aromatic rings. The molecule has 0 aliphatic carbocycles. The fourth-order valence-electron chi connectivity index (χ4n) is 1.70. The Morgan fingerprint density at radius 3 is 2.86 bits per heavy atom. The molecule has 2 rings (SSSR count). The molecule has 6 nitrogen and oxygen atoms in total. The quantitative estimate of drug-likeness (QED) is 0.867. The van der Waals surface area contributed by atoms with Crippen LogP contribution in [-0.2, 0) is 17.9 Å². The first-order chi connectivity index (χ1) is 9.87. The molecule has 9 heteroatoms. The molecule has 2 heterocycles. The van der Waals surface area contributed by atoms with E-state index in [4.69, 9.17) is 5.73 Å². The highest BCUT2D eigenvalue weighted by Crippen LogP contribution is 2.21. The van der Waals surface area contributed by atoms with Crippen LogP contribution in [0.3, 0.4) is 0 Å². The van der Waals surface area contributed by atoms with E-state index in [2.05, 4.69) is 15.4 Å². The molecule has 3 N–H and O–H groups in total. The summed E-state index contributed by atoms with van der Waals surface area (Å²) in [6, 6.07) is 1.69. The van der Waals surface area contributed by atoms with Gasteiger partial charge in [-0.2, -0.15) is 18.3 Å². The number of nitrogens with two attached hydrogens (primary N) is 1. The Hall–Kier alpha value is -2.16. The van der Waals surface area contributed by atoms with E-state index in [1.165, 1.54) is 10.7 Å². The highest BCUT2D eigenvalue weighted by atomic mass is 19.4. The van der Waals surface area contributed by atoms with E-state index in [1.807, 2.05) is 0 Å². The number of nitrogens with one attached hydrogen (secondary N) is 1. The summed E-state index contributed by atoms with van der Waals surface area (Å²) in [7, 11) is 0. The molecular weight excluding hydrogens is 287 g/mol.